The predicted octanol–water partition coefficient (Wildman–Crippen LogP) is 4.56. The third-order valence-electron chi connectivity index (χ3n) is 4.63. The molecule has 0 atom stereocenters. The van der Waals surface area contributed by atoms with Gasteiger partial charge >= 0.3 is 11.7 Å². The van der Waals surface area contributed by atoms with E-state index >= 15 is 0 Å². The summed E-state index contributed by atoms with van der Waals surface area (Å²) in [5.74, 6) is -7.58. The second kappa shape index (κ2) is 9.53. The topological polar surface area (TPSA) is 102 Å². The number of nitrogens with zero attached hydrogens (tertiary/aromatic N) is 2. The number of rotatable bonds is 8. The van der Waals surface area contributed by atoms with Gasteiger partial charge in [-0.25, -0.2) is 13.6 Å². The molecule has 0 radical (unpaired) electrons. The second-order valence-electron chi connectivity index (χ2n) is 6.66. The van der Waals surface area contributed by atoms with Crippen molar-refractivity contribution in [3.8, 4) is 0 Å². The standard InChI is InChI=1S/C19H21F3N2O5/c1-3-4-8-29-19(26)12(9-23-11-6-5-7-11)18(25)13-14(20)10(2)15(21)16(22)17(13)24(27)28/h9,11,25H,3-8H2,1-2H3/b18-12+,23-9?. The van der Waals surface area contributed by atoms with E-state index in [0.29, 0.717) is 12.8 Å². The van der Waals surface area contributed by atoms with Crippen molar-refractivity contribution >= 4 is 23.6 Å². The highest BCUT2D eigenvalue weighted by Crippen LogP contribution is 2.35. The van der Waals surface area contributed by atoms with E-state index in [4.69, 9.17) is 4.74 Å². The van der Waals surface area contributed by atoms with Gasteiger partial charge in [0.25, 0.3) is 0 Å². The Morgan fingerprint density at radius 3 is 2.48 bits per heavy atom. The first-order valence-corrected chi connectivity index (χ1v) is 9.15. The Hall–Kier alpha value is -2.91. The van der Waals surface area contributed by atoms with Gasteiger partial charge in [-0.1, -0.05) is 13.3 Å². The number of carbonyl (C=O) groups is 1. The molecule has 10 heteroatoms. The number of benzene rings is 1. The highest BCUT2D eigenvalue weighted by Gasteiger charge is 2.35. The largest absolute Gasteiger partial charge is 0.506 e. The van der Waals surface area contributed by atoms with Crippen molar-refractivity contribution in [3.63, 3.8) is 0 Å². The van der Waals surface area contributed by atoms with Crippen molar-refractivity contribution in [2.24, 2.45) is 4.99 Å². The van der Waals surface area contributed by atoms with Crippen molar-refractivity contribution < 1.29 is 32.7 Å². The molecule has 1 aliphatic rings. The lowest BCUT2D eigenvalue weighted by Crippen LogP contribution is -2.18. The van der Waals surface area contributed by atoms with Crippen LogP contribution in [0.4, 0.5) is 18.9 Å². The number of esters is 1. The zero-order valence-electron chi connectivity index (χ0n) is 16.0. The van der Waals surface area contributed by atoms with Crippen LogP contribution in [0.3, 0.4) is 0 Å². The van der Waals surface area contributed by atoms with E-state index in [1.165, 1.54) is 0 Å². The number of aliphatic hydroxyl groups is 1. The number of halogens is 3. The summed E-state index contributed by atoms with van der Waals surface area (Å²) in [4.78, 5) is 26.3. The number of hydrogen-bond acceptors (Lipinski definition) is 6. The van der Waals surface area contributed by atoms with Gasteiger partial charge in [0.2, 0.25) is 5.82 Å². The number of nitro benzene ring substituents is 1. The van der Waals surface area contributed by atoms with Crippen LogP contribution < -0.4 is 0 Å². The van der Waals surface area contributed by atoms with Crippen LogP contribution in [0.2, 0.25) is 0 Å². The molecular formula is C19H21F3N2O5. The van der Waals surface area contributed by atoms with Crippen LogP contribution in [0.15, 0.2) is 10.6 Å². The van der Waals surface area contributed by atoms with E-state index in [2.05, 4.69) is 4.99 Å². The van der Waals surface area contributed by atoms with Crippen molar-refractivity contribution in [1.29, 1.82) is 0 Å². The molecule has 0 unspecified atom stereocenters. The number of carbonyl (C=O) groups excluding carboxylic acids is 1. The highest BCUT2D eigenvalue weighted by atomic mass is 19.2. The number of aliphatic hydroxyl groups excluding tert-OH is 1. The predicted molar refractivity (Wildman–Crippen MR) is 99.3 cm³/mol. The van der Waals surface area contributed by atoms with Crippen LogP contribution in [-0.2, 0) is 9.53 Å². The molecule has 158 valence electrons. The average Bonchev–Trinajstić information content (AvgIpc) is 2.64. The van der Waals surface area contributed by atoms with Gasteiger partial charge in [0.15, 0.2) is 5.82 Å². The van der Waals surface area contributed by atoms with E-state index < -0.39 is 56.5 Å². The first kappa shape index (κ1) is 22.4. The third kappa shape index (κ3) is 4.75. The molecule has 0 bridgehead atoms. The van der Waals surface area contributed by atoms with Gasteiger partial charge in [-0.05, 0) is 32.6 Å². The monoisotopic (exact) mass is 414 g/mol. The Morgan fingerprint density at radius 1 is 1.31 bits per heavy atom. The molecule has 1 fully saturated rings. The Bertz CT molecular complexity index is 879. The molecule has 7 nitrogen and oxygen atoms in total. The van der Waals surface area contributed by atoms with Crippen molar-refractivity contribution in [2.45, 2.75) is 52.0 Å². The van der Waals surface area contributed by atoms with Crippen molar-refractivity contribution in [3.05, 3.63) is 44.3 Å². The number of nitro groups is 1. The van der Waals surface area contributed by atoms with Crippen LogP contribution in [0.1, 0.15) is 50.2 Å². The molecule has 1 saturated carbocycles. The summed E-state index contributed by atoms with van der Waals surface area (Å²) < 4.78 is 47.5. The normalized spacial score (nSPS) is 15.2. The zero-order chi connectivity index (χ0) is 21.7. The average molecular weight is 414 g/mol. The molecule has 0 aromatic heterocycles. The third-order valence-corrected chi connectivity index (χ3v) is 4.63. The minimum absolute atomic E-state index is 0.00916. The van der Waals surface area contributed by atoms with E-state index in [9.17, 15) is 33.2 Å². The zero-order valence-corrected chi connectivity index (χ0v) is 16.0. The molecule has 0 amide bonds. The van der Waals surface area contributed by atoms with Crippen LogP contribution in [0, 0.1) is 34.5 Å². The Balaban J connectivity index is 2.65. The summed E-state index contributed by atoms with van der Waals surface area (Å²) >= 11 is 0. The summed E-state index contributed by atoms with van der Waals surface area (Å²) in [5, 5.41) is 21.8. The van der Waals surface area contributed by atoms with Crippen LogP contribution in [0.25, 0.3) is 5.76 Å². The van der Waals surface area contributed by atoms with E-state index in [1.54, 1.807) is 0 Å². The van der Waals surface area contributed by atoms with Gasteiger partial charge in [0, 0.05) is 17.8 Å². The fourth-order valence-corrected chi connectivity index (χ4v) is 2.60. The molecule has 1 aromatic rings. The Morgan fingerprint density at radius 2 is 1.97 bits per heavy atom. The van der Waals surface area contributed by atoms with Crippen molar-refractivity contribution in [1.82, 2.24) is 0 Å². The van der Waals surface area contributed by atoms with Gasteiger partial charge in [0.1, 0.15) is 22.7 Å². The first-order chi connectivity index (χ1) is 13.7. The minimum Gasteiger partial charge on any atom is -0.506 e. The summed E-state index contributed by atoms with van der Waals surface area (Å²) in [6, 6.07) is -0.118. The maximum atomic E-state index is 14.6. The second-order valence-corrected chi connectivity index (χ2v) is 6.66. The maximum Gasteiger partial charge on any atom is 0.343 e. The SMILES string of the molecule is CCCCOC(=O)/C(C=NC1CCC1)=C(/O)c1c(F)c(C)c(F)c(F)c1[N+](=O)[O-]. The van der Waals surface area contributed by atoms with Gasteiger partial charge in [0.05, 0.1) is 11.5 Å². The lowest BCUT2D eigenvalue weighted by Gasteiger charge is -2.20. The molecule has 29 heavy (non-hydrogen) atoms. The first-order valence-electron chi connectivity index (χ1n) is 9.15. The smallest absolute Gasteiger partial charge is 0.343 e. The molecule has 0 aliphatic heterocycles. The minimum atomic E-state index is -1.94. The quantitative estimate of drug-likeness (QED) is 0.0982. The van der Waals surface area contributed by atoms with Crippen LogP contribution in [0.5, 0.6) is 0 Å². The van der Waals surface area contributed by atoms with Gasteiger partial charge in [-0.3, -0.25) is 15.1 Å². The molecule has 2 rings (SSSR count). The van der Waals surface area contributed by atoms with Gasteiger partial charge < -0.3 is 9.84 Å². The molecular weight excluding hydrogens is 393 g/mol. The number of hydrogen-bond donors (Lipinski definition) is 1. The van der Waals surface area contributed by atoms with Crippen molar-refractivity contribution in [2.75, 3.05) is 6.61 Å². The molecule has 0 spiro atoms. The number of ether oxygens (including phenoxy) is 1. The Kier molecular flexibility index (Phi) is 7.35. The van der Waals surface area contributed by atoms with Gasteiger partial charge in [-0.2, -0.15) is 4.39 Å². The maximum absolute atomic E-state index is 14.6. The van der Waals surface area contributed by atoms with Gasteiger partial charge in [-0.15, -0.1) is 0 Å². The van der Waals surface area contributed by atoms with E-state index in [-0.39, 0.29) is 12.6 Å². The number of aliphatic imine (C=N–C) groups is 1. The fraction of sp³-hybridized carbons (Fsp3) is 0.474. The van der Waals surface area contributed by atoms with Crippen LogP contribution in [-0.4, -0.2) is 34.9 Å². The highest BCUT2D eigenvalue weighted by molar-refractivity contribution is 6.15. The Labute approximate surface area is 165 Å². The summed E-state index contributed by atoms with van der Waals surface area (Å²) in [7, 11) is 0. The molecule has 1 N–H and O–H groups in total. The molecule has 1 aromatic carbocycles. The summed E-state index contributed by atoms with van der Waals surface area (Å²) in [5.41, 5.74) is -4.38. The molecule has 0 saturated heterocycles. The molecule has 0 heterocycles. The lowest BCUT2D eigenvalue weighted by atomic mass is 9.94. The molecule has 1 aliphatic carbocycles. The number of unbranched alkanes of at least 4 members (excludes halogenated alkanes) is 1. The summed E-state index contributed by atoms with van der Waals surface area (Å²) in [6.45, 7) is 2.70. The fourth-order valence-electron chi connectivity index (χ4n) is 2.60. The van der Waals surface area contributed by atoms with E-state index in [1.807, 2.05) is 6.92 Å². The van der Waals surface area contributed by atoms with Crippen LogP contribution >= 0.6 is 0 Å². The van der Waals surface area contributed by atoms with E-state index in [0.717, 1.165) is 32.4 Å². The lowest BCUT2D eigenvalue weighted by molar-refractivity contribution is -0.388. The summed E-state index contributed by atoms with van der Waals surface area (Å²) in [6.07, 6.45) is 4.57.